The molecule has 0 amide bonds. The van der Waals surface area contributed by atoms with Gasteiger partial charge in [0.15, 0.2) is 0 Å². The molecule has 154 valence electrons. The van der Waals surface area contributed by atoms with Crippen molar-refractivity contribution >= 4 is 22.1 Å². The third kappa shape index (κ3) is 4.04. The Hall–Kier alpha value is -2.88. The first-order valence-electron chi connectivity index (χ1n) is 10.6. The van der Waals surface area contributed by atoms with E-state index in [0.29, 0.717) is 0 Å². The fourth-order valence-corrected chi connectivity index (χ4v) is 3.84. The lowest BCUT2D eigenvalue weighted by Gasteiger charge is -2.25. The number of fused-ring (bicyclic) bond motifs is 2. The third-order valence-corrected chi connectivity index (χ3v) is 6.04. The maximum Gasteiger partial charge on any atom is 0.0893 e. The number of hydrogen-bond donors (Lipinski definition) is 0. The van der Waals surface area contributed by atoms with Crippen LogP contribution in [0.25, 0.3) is 22.1 Å². The predicted octanol–water partition coefficient (Wildman–Crippen LogP) is 6.09. The molecule has 0 saturated carbocycles. The highest BCUT2D eigenvalue weighted by Crippen LogP contribution is 2.31. The summed E-state index contributed by atoms with van der Waals surface area (Å²) in [5.74, 6) is 0. The van der Waals surface area contributed by atoms with Gasteiger partial charge in [0.25, 0.3) is 0 Å². The van der Waals surface area contributed by atoms with Crippen LogP contribution in [0, 0.1) is 6.92 Å². The van der Waals surface area contributed by atoms with Crippen molar-refractivity contribution in [1.82, 2.24) is 19.9 Å². The van der Waals surface area contributed by atoms with E-state index < -0.39 is 0 Å². The second kappa shape index (κ2) is 7.42. The Morgan fingerprint density at radius 2 is 1.33 bits per heavy atom. The van der Waals surface area contributed by atoms with Crippen molar-refractivity contribution in [3.8, 4) is 0 Å². The zero-order valence-corrected chi connectivity index (χ0v) is 18.8. The molecule has 2 aromatic heterocycles. The maximum absolute atomic E-state index is 5.01. The molecule has 4 nitrogen and oxygen atoms in total. The molecule has 0 fully saturated rings. The highest BCUT2D eigenvalue weighted by molar-refractivity contribution is 5.76. The van der Waals surface area contributed by atoms with Crippen LogP contribution in [0.4, 0.5) is 0 Å². The second-order valence-corrected chi connectivity index (χ2v) is 9.85. The van der Waals surface area contributed by atoms with Crippen LogP contribution >= 0.6 is 0 Å². The third-order valence-electron chi connectivity index (χ3n) is 6.04. The summed E-state index contributed by atoms with van der Waals surface area (Å²) in [6.45, 7) is 13.3. The molecule has 4 heteroatoms. The molecule has 4 rings (SSSR count). The number of nitrogens with zero attached hydrogens (tertiary/aromatic N) is 4. The van der Waals surface area contributed by atoms with Crippen molar-refractivity contribution in [3.63, 3.8) is 0 Å². The standard InChI is InChI=1S/C26H30N4/c1-17-20(30-24-15-18(25(2,3)4)7-10-22(24)29-17)11-12-26(5,6)19-8-9-21-23(16-19)28-14-13-27-21/h7-10,13-16H,11-12H2,1-6H3. The van der Waals surface area contributed by atoms with Gasteiger partial charge in [0.2, 0.25) is 0 Å². The average molecular weight is 399 g/mol. The van der Waals surface area contributed by atoms with Crippen molar-refractivity contribution in [2.45, 2.75) is 65.2 Å². The van der Waals surface area contributed by atoms with Crippen LogP contribution in [-0.2, 0) is 17.3 Å². The molecule has 0 spiro atoms. The van der Waals surface area contributed by atoms with Crippen LogP contribution in [-0.4, -0.2) is 19.9 Å². The van der Waals surface area contributed by atoms with Gasteiger partial charge in [-0.05, 0) is 66.0 Å². The molecular formula is C26H30N4. The van der Waals surface area contributed by atoms with E-state index in [-0.39, 0.29) is 10.8 Å². The molecule has 0 bridgehead atoms. The number of aryl methyl sites for hydroxylation is 2. The van der Waals surface area contributed by atoms with E-state index in [1.54, 1.807) is 12.4 Å². The van der Waals surface area contributed by atoms with Gasteiger partial charge in [-0.15, -0.1) is 0 Å². The van der Waals surface area contributed by atoms with Gasteiger partial charge < -0.3 is 0 Å². The van der Waals surface area contributed by atoms with Crippen LogP contribution in [0.2, 0.25) is 0 Å². The van der Waals surface area contributed by atoms with E-state index in [4.69, 9.17) is 9.97 Å². The van der Waals surface area contributed by atoms with Gasteiger partial charge in [-0.2, -0.15) is 0 Å². The van der Waals surface area contributed by atoms with Gasteiger partial charge in [0, 0.05) is 12.4 Å². The number of aromatic nitrogens is 4. The fourth-order valence-electron chi connectivity index (χ4n) is 3.84. The maximum atomic E-state index is 5.01. The molecule has 2 aromatic carbocycles. The minimum absolute atomic E-state index is 0.00203. The first kappa shape index (κ1) is 20.4. The van der Waals surface area contributed by atoms with E-state index in [1.807, 2.05) is 0 Å². The normalized spacial score (nSPS) is 12.6. The highest BCUT2D eigenvalue weighted by Gasteiger charge is 2.22. The van der Waals surface area contributed by atoms with Crippen LogP contribution in [0.5, 0.6) is 0 Å². The van der Waals surface area contributed by atoms with Crippen molar-refractivity contribution in [2.75, 3.05) is 0 Å². The van der Waals surface area contributed by atoms with Crippen LogP contribution in [0.15, 0.2) is 48.8 Å². The van der Waals surface area contributed by atoms with E-state index >= 15 is 0 Å². The zero-order chi connectivity index (χ0) is 21.5. The lowest BCUT2D eigenvalue weighted by Crippen LogP contribution is -2.19. The van der Waals surface area contributed by atoms with E-state index in [1.165, 1.54) is 11.1 Å². The Balaban J connectivity index is 1.61. The first-order valence-corrected chi connectivity index (χ1v) is 10.6. The largest absolute Gasteiger partial charge is 0.253 e. The average Bonchev–Trinajstić information content (AvgIpc) is 2.71. The molecule has 0 atom stereocenters. The highest BCUT2D eigenvalue weighted by atomic mass is 14.8. The minimum Gasteiger partial charge on any atom is -0.253 e. The van der Waals surface area contributed by atoms with Crippen molar-refractivity contribution in [1.29, 1.82) is 0 Å². The van der Waals surface area contributed by atoms with Crippen LogP contribution in [0.3, 0.4) is 0 Å². The van der Waals surface area contributed by atoms with Gasteiger partial charge in [-0.1, -0.05) is 46.8 Å². The topological polar surface area (TPSA) is 51.6 Å². The van der Waals surface area contributed by atoms with Crippen molar-refractivity contribution in [3.05, 3.63) is 71.3 Å². The van der Waals surface area contributed by atoms with Gasteiger partial charge in [-0.25, -0.2) is 9.97 Å². The molecule has 0 aliphatic heterocycles. The molecular weight excluding hydrogens is 368 g/mol. The van der Waals surface area contributed by atoms with Gasteiger partial charge >= 0.3 is 0 Å². The summed E-state index contributed by atoms with van der Waals surface area (Å²) in [6, 6.07) is 12.9. The first-order chi connectivity index (χ1) is 14.1. The summed E-state index contributed by atoms with van der Waals surface area (Å²) < 4.78 is 0. The molecule has 30 heavy (non-hydrogen) atoms. The summed E-state index contributed by atoms with van der Waals surface area (Å²) in [5, 5.41) is 0. The smallest absolute Gasteiger partial charge is 0.0893 e. The van der Waals surface area contributed by atoms with Gasteiger partial charge in [-0.3, -0.25) is 9.97 Å². The molecule has 0 unspecified atom stereocenters. The minimum atomic E-state index is 0.00203. The SMILES string of the molecule is Cc1nc2ccc(C(C)(C)C)cc2nc1CCC(C)(C)c1ccc2nccnc2c1. The van der Waals surface area contributed by atoms with Crippen molar-refractivity contribution in [2.24, 2.45) is 0 Å². The second-order valence-electron chi connectivity index (χ2n) is 9.85. The van der Waals surface area contributed by atoms with E-state index in [9.17, 15) is 0 Å². The Morgan fingerprint density at radius 3 is 2.07 bits per heavy atom. The van der Waals surface area contributed by atoms with Crippen LogP contribution < -0.4 is 0 Å². The van der Waals surface area contributed by atoms with Crippen LogP contribution in [0.1, 0.15) is 63.6 Å². The summed E-state index contributed by atoms with van der Waals surface area (Å²) in [7, 11) is 0. The summed E-state index contributed by atoms with van der Waals surface area (Å²) in [6.07, 6.45) is 5.36. The molecule has 0 aliphatic rings. The van der Waals surface area contributed by atoms with Gasteiger partial charge in [0.1, 0.15) is 0 Å². The number of hydrogen-bond acceptors (Lipinski definition) is 4. The fraction of sp³-hybridized carbons (Fsp3) is 0.385. The summed E-state index contributed by atoms with van der Waals surface area (Å²) >= 11 is 0. The zero-order valence-electron chi connectivity index (χ0n) is 18.8. The summed E-state index contributed by atoms with van der Waals surface area (Å²) in [4.78, 5) is 18.7. The van der Waals surface area contributed by atoms with Crippen molar-refractivity contribution < 1.29 is 0 Å². The summed E-state index contributed by atoms with van der Waals surface area (Å²) in [5.41, 5.74) is 8.60. The Bertz CT molecular complexity index is 1220. The number of benzene rings is 2. The lowest BCUT2D eigenvalue weighted by molar-refractivity contribution is 0.477. The Labute approximate surface area is 178 Å². The molecule has 0 saturated heterocycles. The quantitative estimate of drug-likeness (QED) is 0.417. The molecule has 0 radical (unpaired) electrons. The molecule has 0 aliphatic carbocycles. The van der Waals surface area contributed by atoms with E-state index in [0.717, 1.165) is 46.3 Å². The van der Waals surface area contributed by atoms with Gasteiger partial charge in [0.05, 0.1) is 33.5 Å². The molecule has 2 heterocycles. The molecule has 0 N–H and O–H groups in total. The lowest BCUT2D eigenvalue weighted by atomic mass is 9.80. The monoisotopic (exact) mass is 398 g/mol. The molecule has 4 aromatic rings. The number of rotatable bonds is 4. The Kier molecular flexibility index (Phi) is 5.05. The predicted molar refractivity (Wildman–Crippen MR) is 124 cm³/mol. The van der Waals surface area contributed by atoms with E-state index in [2.05, 4.69) is 87.9 Å². The Morgan fingerprint density at radius 1 is 0.700 bits per heavy atom.